The minimum absolute atomic E-state index is 0.130. The van der Waals surface area contributed by atoms with Crippen molar-refractivity contribution in [1.82, 2.24) is 0 Å². The van der Waals surface area contributed by atoms with Crippen molar-refractivity contribution >= 4 is 0 Å². The summed E-state index contributed by atoms with van der Waals surface area (Å²) in [4.78, 5) is 0. The zero-order valence-corrected chi connectivity index (χ0v) is 16.8. The minimum atomic E-state index is -0.230. The van der Waals surface area contributed by atoms with Crippen LogP contribution in [0.2, 0.25) is 0 Å². The van der Waals surface area contributed by atoms with E-state index in [9.17, 15) is 10.2 Å². The molecule has 144 valence electrons. The third kappa shape index (κ3) is 1.93. The zero-order valence-electron chi connectivity index (χ0n) is 16.8. The Morgan fingerprint density at radius 2 is 1.72 bits per heavy atom. The molecule has 1 spiro atoms. The Kier molecular flexibility index (Phi) is 3.82. The van der Waals surface area contributed by atoms with Gasteiger partial charge < -0.3 is 15.9 Å². The number of hydrogen-bond donors (Lipinski definition) is 3. The molecular formula is C22H39NO2. The summed E-state index contributed by atoms with van der Waals surface area (Å²) in [6, 6.07) is 0. The highest BCUT2D eigenvalue weighted by Crippen LogP contribution is 2.89. The molecule has 3 heteroatoms. The number of aliphatic hydroxyl groups excluding tert-OH is 2. The van der Waals surface area contributed by atoms with Crippen molar-refractivity contribution < 1.29 is 10.2 Å². The number of hydrogen-bond acceptors (Lipinski definition) is 3. The van der Waals surface area contributed by atoms with Gasteiger partial charge in [-0.1, -0.05) is 27.7 Å². The van der Waals surface area contributed by atoms with Gasteiger partial charge in [-0.05, 0) is 96.8 Å². The molecule has 4 fully saturated rings. The van der Waals surface area contributed by atoms with E-state index >= 15 is 0 Å². The molecule has 1 unspecified atom stereocenters. The molecule has 4 aliphatic rings. The van der Waals surface area contributed by atoms with Gasteiger partial charge in [0.1, 0.15) is 0 Å². The summed E-state index contributed by atoms with van der Waals surface area (Å²) in [7, 11) is 0. The fourth-order valence-electron chi connectivity index (χ4n) is 8.56. The molecule has 25 heavy (non-hydrogen) atoms. The lowest BCUT2D eigenvalue weighted by Gasteiger charge is -2.58. The van der Waals surface area contributed by atoms with Gasteiger partial charge in [-0.2, -0.15) is 0 Å². The molecule has 0 heterocycles. The quantitative estimate of drug-likeness (QED) is 0.727. The smallest absolute Gasteiger partial charge is 0.0544 e. The summed E-state index contributed by atoms with van der Waals surface area (Å²) in [5.41, 5.74) is 8.20. The zero-order chi connectivity index (χ0) is 18.3. The first-order valence-corrected chi connectivity index (χ1v) is 10.6. The molecular weight excluding hydrogens is 310 g/mol. The summed E-state index contributed by atoms with van der Waals surface area (Å²) < 4.78 is 0. The standard InChI is InChI=1S/C22H39NO2/c1-18(2)9-10-22-13-21(22,14-23)17(6-8-20(18,22)4)19(3)7-5-16(25)11-15(19)12-24/h15-17,24-25H,5-14,23H2,1-4H3/t15-,16+,17-,19+,20-,21?,22+/m1/s1. The Bertz CT molecular complexity index is 562. The van der Waals surface area contributed by atoms with Crippen molar-refractivity contribution in [3.63, 3.8) is 0 Å². The van der Waals surface area contributed by atoms with Gasteiger partial charge >= 0.3 is 0 Å². The molecule has 4 rings (SSSR count). The normalized spacial score (nSPS) is 57.0. The van der Waals surface area contributed by atoms with Gasteiger partial charge in [0.2, 0.25) is 0 Å². The molecule has 0 radical (unpaired) electrons. The Hall–Kier alpha value is -0.120. The summed E-state index contributed by atoms with van der Waals surface area (Å²) in [6.07, 6.45) is 9.00. The van der Waals surface area contributed by atoms with Crippen molar-refractivity contribution in [2.75, 3.05) is 13.2 Å². The second-order valence-corrected chi connectivity index (χ2v) is 11.2. The largest absolute Gasteiger partial charge is 0.396 e. The van der Waals surface area contributed by atoms with Crippen molar-refractivity contribution in [3.8, 4) is 0 Å². The lowest BCUT2D eigenvalue weighted by molar-refractivity contribution is -0.110. The first-order chi connectivity index (χ1) is 11.6. The van der Waals surface area contributed by atoms with Gasteiger partial charge in [0, 0.05) is 6.61 Å². The third-order valence-corrected chi connectivity index (χ3v) is 10.7. The van der Waals surface area contributed by atoms with Crippen LogP contribution in [0, 0.1) is 38.9 Å². The fraction of sp³-hybridized carbons (Fsp3) is 1.00. The van der Waals surface area contributed by atoms with Crippen LogP contribution in [0.25, 0.3) is 0 Å². The predicted molar refractivity (Wildman–Crippen MR) is 101 cm³/mol. The van der Waals surface area contributed by atoms with Crippen LogP contribution in [0.1, 0.15) is 79.1 Å². The van der Waals surface area contributed by atoms with E-state index in [1.165, 1.54) is 32.1 Å². The maximum Gasteiger partial charge on any atom is 0.0544 e. The topological polar surface area (TPSA) is 66.5 Å². The Labute approximate surface area is 153 Å². The van der Waals surface area contributed by atoms with E-state index in [4.69, 9.17) is 5.73 Å². The van der Waals surface area contributed by atoms with Crippen LogP contribution in [-0.2, 0) is 0 Å². The number of rotatable bonds is 3. The van der Waals surface area contributed by atoms with Gasteiger partial charge in [0.15, 0.2) is 0 Å². The Balaban J connectivity index is 1.72. The summed E-state index contributed by atoms with van der Waals surface area (Å²) in [6.45, 7) is 11.0. The second-order valence-electron chi connectivity index (χ2n) is 11.2. The van der Waals surface area contributed by atoms with Gasteiger partial charge in [-0.15, -0.1) is 0 Å². The first-order valence-electron chi connectivity index (χ1n) is 10.6. The molecule has 4 saturated carbocycles. The molecule has 0 aliphatic heterocycles. The Morgan fingerprint density at radius 1 is 1.00 bits per heavy atom. The van der Waals surface area contributed by atoms with Crippen molar-refractivity contribution in [2.24, 2.45) is 44.6 Å². The van der Waals surface area contributed by atoms with Crippen LogP contribution in [0.15, 0.2) is 0 Å². The lowest BCUT2D eigenvalue weighted by atomic mass is 9.47. The predicted octanol–water partition coefficient (Wildman–Crippen LogP) is 3.72. The van der Waals surface area contributed by atoms with Gasteiger partial charge in [0.05, 0.1) is 6.10 Å². The molecule has 4 aliphatic carbocycles. The fourth-order valence-corrected chi connectivity index (χ4v) is 8.56. The number of nitrogens with two attached hydrogens (primary N) is 1. The molecule has 7 atom stereocenters. The molecule has 0 bridgehead atoms. The van der Waals surface area contributed by atoms with Crippen LogP contribution in [0.3, 0.4) is 0 Å². The second kappa shape index (κ2) is 5.23. The van der Waals surface area contributed by atoms with E-state index in [1.807, 2.05) is 0 Å². The van der Waals surface area contributed by atoms with Gasteiger partial charge in [0.25, 0.3) is 0 Å². The molecule has 3 nitrogen and oxygen atoms in total. The van der Waals surface area contributed by atoms with Crippen LogP contribution in [-0.4, -0.2) is 29.5 Å². The maximum atomic E-state index is 10.2. The van der Waals surface area contributed by atoms with Crippen LogP contribution in [0.4, 0.5) is 0 Å². The van der Waals surface area contributed by atoms with Crippen molar-refractivity contribution in [2.45, 2.75) is 85.2 Å². The van der Waals surface area contributed by atoms with E-state index in [-0.39, 0.29) is 29.5 Å². The molecule has 0 amide bonds. The number of aliphatic hydroxyl groups is 2. The van der Waals surface area contributed by atoms with E-state index < -0.39 is 0 Å². The summed E-state index contributed by atoms with van der Waals surface area (Å²) in [5, 5.41) is 20.3. The van der Waals surface area contributed by atoms with Crippen molar-refractivity contribution in [1.29, 1.82) is 0 Å². The van der Waals surface area contributed by atoms with E-state index in [0.717, 1.165) is 25.8 Å². The first kappa shape index (κ1) is 18.3. The van der Waals surface area contributed by atoms with Crippen LogP contribution < -0.4 is 5.73 Å². The molecule has 4 N–H and O–H groups in total. The molecule has 0 aromatic rings. The SMILES string of the molecule is CC1(C)CC[C@@]23CC2(CN)[C@@H]([C@@]2(C)CC[C@H](O)C[C@@H]2CO)CC[C@]13C. The highest BCUT2D eigenvalue weighted by molar-refractivity contribution is 5.32. The molecule has 0 aromatic carbocycles. The highest BCUT2D eigenvalue weighted by atomic mass is 16.3. The average Bonchev–Trinajstić information content (AvgIpc) is 3.22. The van der Waals surface area contributed by atoms with Crippen LogP contribution >= 0.6 is 0 Å². The molecule has 0 aromatic heterocycles. The van der Waals surface area contributed by atoms with Gasteiger partial charge in [-0.3, -0.25) is 0 Å². The maximum absolute atomic E-state index is 10.2. The summed E-state index contributed by atoms with van der Waals surface area (Å²) >= 11 is 0. The van der Waals surface area contributed by atoms with Gasteiger partial charge in [-0.25, -0.2) is 0 Å². The molecule has 0 saturated heterocycles. The highest BCUT2D eigenvalue weighted by Gasteiger charge is 2.83. The summed E-state index contributed by atoms with van der Waals surface area (Å²) in [5.74, 6) is 0.831. The van der Waals surface area contributed by atoms with Crippen LogP contribution in [0.5, 0.6) is 0 Å². The average molecular weight is 350 g/mol. The lowest BCUT2D eigenvalue weighted by Crippen LogP contribution is -2.54. The van der Waals surface area contributed by atoms with E-state index in [1.54, 1.807) is 0 Å². The van der Waals surface area contributed by atoms with Crippen molar-refractivity contribution in [3.05, 3.63) is 0 Å². The van der Waals surface area contributed by atoms with E-state index in [0.29, 0.717) is 22.2 Å². The third-order valence-electron chi connectivity index (χ3n) is 10.7. The monoisotopic (exact) mass is 349 g/mol. The minimum Gasteiger partial charge on any atom is -0.396 e. The Morgan fingerprint density at radius 3 is 2.36 bits per heavy atom. The van der Waals surface area contributed by atoms with E-state index in [2.05, 4.69) is 27.7 Å².